The Hall–Kier alpha value is -2.33. The molecule has 19 heavy (non-hydrogen) atoms. The molecule has 1 heterocycles. The van der Waals surface area contributed by atoms with E-state index in [1.54, 1.807) is 18.3 Å². The molecule has 3 aromatic rings. The predicted octanol–water partition coefficient (Wildman–Crippen LogP) is 3.24. The highest BCUT2D eigenvalue weighted by molar-refractivity contribution is 6.04. The van der Waals surface area contributed by atoms with Crippen LogP contribution in [-0.2, 0) is 0 Å². The van der Waals surface area contributed by atoms with Crippen LogP contribution >= 0.6 is 12.4 Å². The van der Waals surface area contributed by atoms with E-state index < -0.39 is 0 Å². The standard InChI is InChI=1S/C14H11N3O.ClH/c18-14(10-4-2-1-3-5-10)16-12-7-6-11-9-15-17-13(11)8-12;/h1-9H,(H,15,17)(H,16,18);1H. The molecule has 2 N–H and O–H groups in total. The van der Waals surface area contributed by atoms with Gasteiger partial charge in [-0.2, -0.15) is 5.10 Å². The van der Waals surface area contributed by atoms with Gasteiger partial charge >= 0.3 is 0 Å². The zero-order valence-corrected chi connectivity index (χ0v) is 10.8. The number of anilines is 1. The van der Waals surface area contributed by atoms with E-state index in [2.05, 4.69) is 15.5 Å². The number of benzene rings is 2. The molecule has 0 saturated heterocycles. The van der Waals surface area contributed by atoms with Gasteiger partial charge in [-0.1, -0.05) is 18.2 Å². The molecule has 0 aliphatic rings. The summed E-state index contributed by atoms with van der Waals surface area (Å²) in [6.45, 7) is 0. The molecule has 5 heteroatoms. The van der Waals surface area contributed by atoms with Crippen LogP contribution in [0.3, 0.4) is 0 Å². The first-order chi connectivity index (χ1) is 8.83. The van der Waals surface area contributed by atoms with Crippen LogP contribution in [0, 0.1) is 0 Å². The van der Waals surface area contributed by atoms with Crippen LogP contribution in [0.1, 0.15) is 10.4 Å². The second-order valence-corrected chi connectivity index (χ2v) is 3.99. The first kappa shape index (κ1) is 13.1. The fourth-order valence-corrected chi connectivity index (χ4v) is 1.81. The first-order valence-electron chi connectivity index (χ1n) is 5.62. The largest absolute Gasteiger partial charge is 0.322 e. The molecule has 0 fully saturated rings. The Morgan fingerprint density at radius 1 is 1.11 bits per heavy atom. The Labute approximate surface area is 116 Å². The van der Waals surface area contributed by atoms with E-state index in [4.69, 9.17) is 0 Å². The van der Waals surface area contributed by atoms with Gasteiger partial charge in [0, 0.05) is 16.6 Å². The van der Waals surface area contributed by atoms with Gasteiger partial charge in [0.2, 0.25) is 0 Å². The Bertz CT molecular complexity index is 694. The van der Waals surface area contributed by atoms with Gasteiger partial charge in [-0.15, -0.1) is 12.4 Å². The van der Waals surface area contributed by atoms with Crippen LogP contribution in [0.5, 0.6) is 0 Å². The summed E-state index contributed by atoms with van der Waals surface area (Å²) in [5, 5.41) is 10.7. The minimum atomic E-state index is -0.116. The number of nitrogens with zero attached hydrogens (tertiary/aromatic N) is 1. The lowest BCUT2D eigenvalue weighted by atomic mass is 10.2. The number of hydrogen-bond acceptors (Lipinski definition) is 2. The monoisotopic (exact) mass is 273 g/mol. The van der Waals surface area contributed by atoms with Crippen molar-refractivity contribution in [1.29, 1.82) is 0 Å². The number of aromatic nitrogens is 2. The average molecular weight is 274 g/mol. The molecule has 0 atom stereocenters. The minimum absolute atomic E-state index is 0. The van der Waals surface area contributed by atoms with Crippen LogP contribution in [0.25, 0.3) is 10.9 Å². The molecule has 1 amide bonds. The highest BCUT2D eigenvalue weighted by Crippen LogP contribution is 2.17. The Morgan fingerprint density at radius 2 is 1.89 bits per heavy atom. The number of amides is 1. The SMILES string of the molecule is Cl.O=C(Nc1ccc2cn[nH]c2c1)c1ccccc1. The Morgan fingerprint density at radius 3 is 2.68 bits per heavy atom. The highest BCUT2D eigenvalue weighted by Gasteiger charge is 2.05. The molecule has 0 aliphatic carbocycles. The van der Waals surface area contributed by atoms with E-state index in [0.717, 1.165) is 16.6 Å². The van der Waals surface area contributed by atoms with E-state index in [1.807, 2.05) is 36.4 Å². The molecule has 2 aromatic carbocycles. The molecular weight excluding hydrogens is 262 g/mol. The van der Waals surface area contributed by atoms with Crippen molar-refractivity contribution in [3.8, 4) is 0 Å². The van der Waals surface area contributed by atoms with Gasteiger partial charge in [0.25, 0.3) is 5.91 Å². The van der Waals surface area contributed by atoms with Crippen LogP contribution in [-0.4, -0.2) is 16.1 Å². The summed E-state index contributed by atoms with van der Waals surface area (Å²) < 4.78 is 0. The number of hydrogen-bond donors (Lipinski definition) is 2. The molecule has 3 rings (SSSR count). The lowest BCUT2D eigenvalue weighted by Crippen LogP contribution is -2.11. The molecule has 0 bridgehead atoms. The lowest BCUT2D eigenvalue weighted by molar-refractivity contribution is 0.102. The predicted molar refractivity (Wildman–Crippen MR) is 77.7 cm³/mol. The van der Waals surface area contributed by atoms with Crippen LogP contribution < -0.4 is 5.32 Å². The van der Waals surface area contributed by atoms with Crippen molar-refractivity contribution in [3.05, 3.63) is 60.3 Å². The number of carbonyl (C=O) groups is 1. The first-order valence-corrected chi connectivity index (χ1v) is 5.62. The molecule has 96 valence electrons. The third-order valence-corrected chi connectivity index (χ3v) is 2.74. The highest BCUT2D eigenvalue weighted by atomic mass is 35.5. The summed E-state index contributed by atoms with van der Waals surface area (Å²) in [6.07, 6.45) is 1.75. The molecule has 0 unspecified atom stereocenters. The second kappa shape index (κ2) is 5.54. The van der Waals surface area contributed by atoms with Crippen molar-refractivity contribution in [2.45, 2.75) is 0 Å². The maximum absolute atomic E-state index is 12.0. The van der Waals surface area contributed by atoms with Crippen molar-refractivity contribution in [3.63, 3.8) is 0 Å². The van der Waals surface area contributed by atoms with Crippen LogP contribution in [0.2, 0.25) is 0 Å². The van der Waals surface area contributed by atoms with E-state index in [1.165, 1.54) is 0 Å². The summed E-state index contributed by atoms with van der Waals surface area (Å²) in [4.78, 5) is 12.0. The van der Waals surface area contributed by atoms with Gasteiger partial charge < -0.3 is 5.32 Å². The van der Waals surface area contributed by atoms with Gasteiger partial charge in [0.1, 0.15) is 0 Å². The number of nitrogens with one attached hydrogen (secondary N) is 2. The second-order valence-electron chi connectivity index (χ2n) is 3.99. The minimum Gasteiger partial charge on any atom is -0.322 e. The maximum Gasteiger partial charge on any atom is 0.255 e. The van der Waals surface area contributed by atoms with Crippen molar-refractivity contribution in [2.24, 2.45) is 0 Å². The van der Waals surface area contributed by atoms with Gasteiger partial charge in [-0.05, 0) is 30.3 Å². The van der Waals surface area contributed by atoms with E-state index in [0.29, 0.717) is 5.56 Å². The lowest BCUT2D eigenvalue weighted by Gasteiger charge is -2.04. The number of carbonyl (C=O) groups excluding carboxylic acids is 1. The van der Waals surface area contributed by atoms with E-state index in [9.17, 15) is 4.79 Å². The van der Waals surface area contributed by atoms with Gasteiger partial charge in [-0.25, -0.2) is 0 Å². The van der Waals surface area contributed by atoms with Gasteiger partial charge in [0.05, 0.1) is 11.7 Å². The average Bonchev–Trinajstić information content (AvgIpc) is 2.87. The van der Waals surface area contributed by atoms with E-state index in [-0.39, 0.29) is 18.3 Å². The quantitative estimate of drug-likeness (QED) is 0.753. The van der Waals surface area contributed by atoms with Crippen LogP contribution in [0.15, 0.2) is 54.7 Å². The Kier molecular flexibility index (Phi) is 3.82. The fraction of sp³-hybridized carbons (Fsp3) is 0. The van der Waals surface area contributed by atoms with Crippen molar-refractivity contribution in [2.75, 3.05) is 5.32 Å². The molecule has 0 aliphatic heterocycles. The number of halogens is 1. The fourth-order valence-electron chi connectivity index (χ4n) is 1.81. The number of aromatic amines is 1. The zero-order valence-electron chi connectivity index (χ0n) is 9.96. The summed E-state index contributed by atoms with van der Waals surface area (Å²) >= 11 is 0. The van der Waals surface area contributed by atoms with Gasteiger partial charge in [-0.3, -0.25) is 9.89 Å². The van der Waals surface area contributed by atoms with Crippen molar-refractivity contribution >= 4 is 34.9 Å². The molecule has 4 nitrogen and oxygen atoms in total. The Balaban J connectivity index is 0.00000133. The number of rotatable bonds is 2. The zero-order chi connectivity index (χ0) is 12.4. The number of H-pyrrole nitrogens is 1. The molecule has 0 saturated carbocycles. The molecule has 1 aromatic heterocycles. The normalized spacial score (nSPS) is 9.89. The van der Waals surface area contributed by atoms with Crippen LogP contribution in [0.4, 0.5) is 5.69 Å². The summed E-state index contributed by atoms with van der Waals surface area (Å²) in [5.74, 6) is -0.116. The third-order valence-electron chi connectivity index (χ3n) is 2.74. The maximum atomic E-state index is 12.0. The number of fused-ring (bicyclic) bond motifs is 1. The van der Waals surface area contributed by atoms with Crippen molar-refractivity contribution < 1.29 is 4.79 Å². The third kappa shape index (κ3) is 2.74. The van der Waals surface area contributed by atoms with Gasteiger partial charge in [0.15, 0.2) is 0 Å². The smallest absolute Gasteiger partial charge is 0.255 e. The summed E-state index contributed by atoms with van der Waals surface area (Å²) in [6, 6.07) is 14.8. The summed E-state index contributed by atoms with van der Waals surface area (Å²) in [5.41, 5.74) is 2.30. The van der Waals surface area contributed by atoms with E-state index >= 15 is 0 Å². The van der Waals surface area contributed by atoms with Crippen molar-refractivity contribution in [1.82, 2.24) is 10.2 Å². The molecule has 0 radical (unpaired) electrons. The molecular formula is C14H12ClN3O. The topological polar surface area (TPSA) is 57.8 Å². The molecule has 0 spiro atoms. The summed E-state index contributed by atoms with van der Waals surface area (Å²) in [7, 11) is 0.